The molecule has 2 heteroatoms. The van der Waals surface area contributed by atoms with Gasteiger partial charge >= 0.3 is 0 Å². The monoisotopic (exact) mass is 229 g/mol. The molecule has 1 aromatic carbocycles. The molecule has 0 saturated heterocycles. The second kappa shape index (κ2) is 5.17. The largest absolute Gasteiger partial charge is 0.356 e. The van der Waals surface area contributed by atoms with Gasteiger partial charge in [0.15, 0.2) is 0 Å². The van der Waals surface area contributed by atoms with Crippen molar-refractivity contribution in [1.29, 1.82) is 0 Å². The lowest BCUT2D eigenvalue weighted by molar-refractivity contribution is -0.118. The zero-order valence-corrected chi connectivity index (χ0v) is 10.5. The molecule has 0 atom stereocenters. The van der Waals surface area contributed by atoms with E-state index < -0.39 is 0 Å². The van der Waals surface area contributed by atoms with E-state index >= 15 is 0 Å². The zero-order chi connectivity index (χ0) is 12.3. The summed E-state index contributed by atoms with van der Waals surface area (Å²) in [6.07, 6.45) is 5.49. The smallest absolute Gasteiger partial charge is 0.216 e. The van der Waals surface area contributed by atoms with Gasteiger partial charge in [-0.2, -0.15) is 0 Å². The number of hydrogen-bond donors (Lipinski definition) is 1. The summed E-state index contributed by atoms with van der Waals surface area (Å²) in [6, 6.07) is 6.67. The van der Waals surface area contributed by atoms with E-state index in [0.29, 0.717) is 0 Å². The highest BCUT2D eigenvalue weighted by molar-refractivity contribution is 5.74. The Morgan fingerprint density at radius 3 is 3.00 bits per heavy atom. The predicted octanol–water partition coefficient (Wildman–Crippen LogP) is 2.85. The molecule has 0 heterocycles. The first-order valence-corrected chi connectivity index (χ1v) is 6.20. The minimum atomic E-state index is 0.0471. The van der Waals surface area contributed by atoms with E-state index in [4.69, 9.17) is 0 Å². The molecule has 2 nitrogen and oxygen atoms in total. The molecule has 0 aromatic heterocycles. The normalized spacial score (nSPS) is 13.9. The topological polar surface area (TPSA) is 29.1 Å². The molecule has 0 radical (unpaired) electrons. The fraction of sp³-hybridized carbons (Fsp3) is 0.400. The van der Waals surface area contributed by atoms with Gasteiger partial charge in [0.2, 0.25) is 5.91 Å². The Labute approximate surface area is 103 Å². The molecular formula is C15H19NO. The highest BCUT2D eigenvalue weighted by atomic mass is 16.1. The second-order valence-corrected chi connectivity index (χ2v) is 4.66. The lowest BCUT2D eigenvalue weighted by Gasteiger charge is -2.18. The van der Waals surface area contributed by atoms with Crippen LogP contribution in [0.1, 0.15) is 36.5 Å². The fourth-order valence-corrected chi connectivity index (χ4v) is 2.33. The lowest BCUT2D eigenvalue weighted by Crippen LogP contribution is -2.21. The zero-order valence-electron chi connectivity index (χ0n) is 10.5. The van der Waals surface area contributed by atoms with Crippen LogP contribution in [0.25, 0.3) is 5.57 Å². The maximum absolute atomic E-state index is 10.9. The molecule has 0 unspecified atom stereocenters. The maximum atomic E-state index is 10.9. The van der Waals surface area contributed by atoms with Gasteiger partial charge in [-0.15, -0.1) is 0 Å². The average molecular weight is 229 g/mol. The first-order valence-electron chi connectivity index (χ1n) is 6.20. The SMILES string of the molecule is CC(=O)NCCC1=CCCc2ccc(C)cc21. The molecule has 2 rings (SSSR count). The van der Waals surface area contributed by atoms with Crippen molar-refractivity contribution in [3.8, 4) is 0 Å². The Morgan fingerprint density at radius 2 is 2.24 bits per heavy atom. The summed E-state index contributed by atoms with van der Waals surface area (Å²) in [5.41, 5.74) is 5.50. The Balaban J connectivity index is 2.11. The van der Waals surface area contributed by atoms with Crippen molar-refractivity contribution in [2.24, 2.45) is 0 Å². The minimum Gasteiger partial charge on any atom is -0.356 e. The third-order valence-corrected chi connectivity index (χ3v) is 3.18. The molecule has 1 amide bonds. The van der Waals surface area contributed by atoms with E-state index in [0.717, 1.165) is 25.8 Å². The molecule has 0 fully saturated rings. The summed E-state index contributed by atoms with van der Waals surface area (Å²) >= 11 is 0. The highest BCUT2D eigenvalue weighted by Gasteiger charge is 2.12. The van der Waals surface area contributed by atoms with Crippen LogP contribution in [0.5, 0.6) is 0 Å². The summed E-state index contributed by atoms with van der Waals surface area (Å²) in [5.74, 6) is 0.0471. The van der Waals surface area contributed by atoms with Crippen molar-refractivity contribution in [3.05, 3.63) is 41.0 Å². The number of hydrogen-bond acceptors (Lipinski definition) is 1. The van der Waals surface area contributed by atoms with Crippen LogP contribution < -0.4 is 5.32 Å². The van der Waals surface area contributed by atoms with Crippen LogP contribution in [-0.4, -0.2) is 12.5 Å². The van der Waals surface area contributed by atoms with E-state index in [1.807, 2.05) is 0 Å². The number of carbonyl (C=O) groups excluding carboxylic acids is 1. The van der Waals surface area contributed by atoms with Crippen LogP contribution in [-0.2, 0) is 11.2 Å². The van der Waals surface area contributed by atoms with Gasteiger partial charge < -0.3 is 5.32 Å². The van der Waals surface area contributed by atoms with Crippen molar-refractivity contribution in [1.82, 2.24) is 5.32 Å². The number of rotatable bonds is 3. The van der Waals surface area contributed by atoms with Gasteiger partial charge in [0, 0.05) is 13.5 Å². The van der Waals surface area contributed by atoms with Crippen molar-refractivity contribution in [2.45, 2.75) is 33.1 Å². The molecular weight excluding hydrogens is 210 g/mol. The van der Waals surface area contributed by atoms with Crippen LogP contribution in [0.3, 0.4) is 0 Å². The standard InChI is InChI=1S/C15H19NO/c1-11-6-7-13-4-3-5-14(15(13)10-11)8-9-16-12(2)17/h5-7,10H,3-4,8-9H2,1-2H3,(H,16,17). The summed E-state index contributed by atoms with van der Waals surface area (Å²) < 4.78 is 0. The van der Waals surface area contributed by atoms with Crippen LogP contribution in [0.2, 0.25) is 0 Å². The lowest BCUT2D eigenvalue weighted by atomic mass is 9.88. The molecule has 1 aliphatic rings. The highest BCUT2D eigenvalue weighted by Crippen LogP contribution is 2.29. The Hall–Kier alpha value is -1.57. The summed E-state index contributed by atoms with van der Waals surface area (Å²) in [7, 11) is 0. The molecule has 90 valence electrons. The van der Waals surface area contributed by atoms with E-state index in [1.54, 1.807) is 6.92 Å². The Bertz CT molecular complexity index is 460. The van der Waals surface area contributed by atoms with Gasteiger partial charge in [0.05, 0.1) is 0 Å². The van der Waals surface area contributed by atoms with Gasteiger partial charge in [-0.05, 0) is 42.9 Å². The molecule has 1 aliphatic carbocycles. The third kappa shape index (κ3) is 2.96. The molecule has 0 saturated carbocycles. The molecule has 17 heavy (non-hydrogen) atoms. The summed E-state index contributed by atoms with van der Waals surface area (Å²) in [4.78, 5) is 10.9. The van der Waals surface area contributed by atoms with Crippen LogP contribution in [0, 0.1) is 6.92 Å². The van der Waals surface area contributed by atoms with Gasteiger partial charge in [0.25, 0.3) is 0 Å². The number of amides is 1. The minimum absolute atomic E-state index is 0.0471. The van der Waals surface area contributed by atoms with Crippen molar-refractivity contribution in [3.63, 3.8) is 0 Å². The quantitative estimate of drug-likeness (QED) is 0.848. The number of carbonyl (C=O) groups is 1. The number of nitrogens with one attached hydrogen (secondary N) is 1. The fourth-order valence-electron chi connectivity index (χ4n) is 2.33. The molecule has 0 bridgehead atoms. The summed E-state index contributed by atoms with van der Waals surface area (Å²) in [6.45, 7) is 4.42. The summed E-state index contributed by atoms with van der Waals surface area (Å²) in [5, 5.41) is 2.86. The first-order chi connectivity index (χ1) is 8.16. The second-order valence-electron chi connectivity index (χ2n) is 4.66. The van der Waals surface area contributed by atoms with Crippen molar-refractivity contribution < 1.29 is 4.79 Å². The van der Waals surface area contributed by atoms with E-state index in [-0.39, 0.29) is 5.91 Å². The van der Waals surface area contributed by atoms with E-state index in [9.17, 15) is 4.79 Å². The van der Waals surface area contributed by atoms with Gasteiger partial charge in [0.1, 0.15) is 0 Å². The first kappa shape index (κ1) is 11.9. The maximum Gasteiger partial charge on any atom is 0.216 e. The number of benzene rings is 1. The van der Waals surface area contributed by atoms with Gasteiger partial charge in [-0.3, -0.25) is 4.79 Å². The van der Waals surface area contributed by atoms with Crippen molar-refractivity contribution in [2.75, 3.05) is 6.54 Å². The third-order valence-electron chi connectivity index (χ3n) is 3.18. The van der Waals surface area contributed by atoms with Gasteiger partial charge in [-0.25, -0.2) is 0 Å². The predicted molar refractivity (Wildman–Crippen MR) is 70.8 cm³/mol. The Kier molecular flexibility index (Phi) is 3.62. The van der Waals surface area contributed by atoms with Gasteiger partial charge in [-0.1, -0.05) is 29.8 Å². The number of allylic oxidation sites excluding steroid dienone is 1. The molecule has 0 spiro atoms. The van der Waals surface area contributed by atoms with Crippen LogP contribution >= 0.6 is 0 Å². The molecule has 1 aromatic rings. The average Bonchev–Trinajstić information content (AvgIpc) is 2.29. The van der Waals surface area contributed by atoms with Crippen molar-refractivity contribution >= 4 is 11.5 Å². The molecule has 0 aliphatic heterocycles. The number of fused-ring (bicyclic) bond motifs is 1. The van der Waals surface area contributed by atoms with Crippen LogP contribution in [0.15, 0.2) is 24.3 Å². The number of aryl methyl sites for hydroxylation is 2. The Morgan fingerprint density at radius 1 is 1.41 bits per heavy atom. The van der Waals surface area contributed by atoms with Crippen LogP contribution in [0.4, 0.5) is 0 Å². The van der Waals surface area contributed by atoms with E-state index in [1.165, 1.54) is 22.3 Å². The molecule has 1 N–H and O–H groups in total. The van der Waals surface area contributed by atoms with E-state index in [2.05, 4.69) is 36.5 Å².